The molecule has 6 heteroatoms. The van der Waals surface area contributed by atoms with Gasteiger partial charge in [-0.2, -0.15) is 0 Å². The monoisotopic (exact) mass is 482 g/mol. The van der Waals surface area contributed by atoms with Gasteiger partial charge in [0.05, 0.1) is 10.0 Å². The van der Waals surface area contributed by atoms with Crippen LogP contribution in [0.2, 0.25) is 0 Å². The van der Waals surface area contributed by atoms with Crippen LogP contribution in [0.1, 0.15) is 71.4 Å². The molecule has 0 heterocycles. The van der Waals surface area contributed by atoms with Crippen molar-refractivity contribution >= 4 is 43.8 Å². The van der Waals surface area contributed by atoms with Crippen LogP contribution in [0, 0.1) is 0 Å². The summed E-state index contributed by atoms with van der Waals surface area (Å²) in [6.07, 6.45) is 0. The van der Waals surface area contributed by atoms with Crippen LogP contribution >= 0.6 is 31.9 Å². The molecule has 0 aliphatic carbocycles. The van der Waals surface area contributed by atoms with Crippen LogP contribution < -0.4 is 4.74 Å². The maximum Gasteiger partial charge on any atom is 0.343 e. The highest BCUT2D eigenvalue weighted by molar-refractivity contribution is 9.11. The van der Waals surface area contributed by atoms with Gasteiger partial charge < -0.3 is 9.84 Å². The molecular weight excluding hydrogens is 464 g/mol. The van der Waals surface area contributed by atoms with Crippen molar-refractivity contribution in [1.29, 1.82) is 0 Å². The third kappa shape index (κ3) is 4.74. The van der Waals surface area contributed by atoms with Gasteiger partial charge in [-0.05, 0) is 63.2 Å². The van der Waals surface area contributed by atoms with Crippen LogP contribution in [-0.4, -0.2) is 17.0 Å². The van der Waals surface area contributed by atoms with Gasteiger partial charge in [0.25, 0.3) is 0 Å². The smallest absolute Gasteiger partial charge is 0.343 e. The molecule has 1 N–H and O–H groups in total. The van der Waals surface area contributed by atoms with E-state index in [0.717, 1.165) is 11.1 Å². The fraction of sp³-hybridized carbons (Fsp3) is 0.300. The van der Waals surface area contributed by atoms with Crippen LogP contribution in [-0.2, 0) is 0 Å². The minimum absolute atomic E-state index is 0.00764. The van der Waals surface area contributed by atoms with Crippen LogP contribution in [0.15, 0.2) is 39.3 Å². The molecule has 0 radical (unpaired) electrons. The molecule has 0 bridgehead atoms. The fourth-order valence-corrected chi connectivity index (χ4v) is 3.74. The number of ether oxygens (including phenoxy) is 1. The minimum atomic E-state index is -1.17. The Balaban J connectivity index is 2.47. The molecule has 4 nitrogen and oxygen atoms in total. The van der Waals surface area contributed by atoms with Crippen molar-refractivity contribution in [2.75, 3.05) is 0 Å². The molecule has 0 spiro atoms. The first-order valence-electron chi connectivity index (χ1n) is 8.19. The highest BCUT2D eigenvalue weighted by atomic mass is 79.9. The van der Waals surface area contributed by atoms with Crippen LogP contribution in [0.3, 0.4) is 0 Å². The average molecular weight is 484 g/mol. The number of hydrogen-bond acceptors (Lipinski definition) is 3. The summed E-state index contributed by atoms with van der Waals surface area (Å²) in [5.41, 5.74) is 2.39. The van der Waals surface area contributed by atoms with Gasteiger partial charge >= 0.3 is 11.9 Å². The van der Waals surface area contributed by atoms with Crippen molar-refractivity contribution in [3.05, 3.63) is 61.5 Å². The molecule has 2 aromatic rings. The predicted molar refractivity (Wildman–Crippen MR) is 108 cm³/mol. The molecule has 0 unspecified atom stereocenters. The van der Waals surface area contributed by atoms with Crippen molar-refractivity contribution in [1.82, 2.24) is 0 Å². The largest absolute Gasteiger partial charge is 0.478 e. The number of carbonyl (C=O) groups excluding carboxylic acids is 1. The van der Waals surface area contributed by atoms with Crippen LogP contribution in [0.4, 0.5) is 0 Å². The lowest BCUT2D eigenvalue weighted by atomic mass is 9.93. The van der Waals surface area contributed by atoms with E-state index < -0.39 is 11.9 Å². The summed E-state index contributed by atoms with van der Waals surface area (Å²) in [5, 5.41) is 9.40. The van der Waals surface area contributed by atoms with E-state index >= 15 is 0 Å². The first kappa shape index (κ1) is 20.6. The number of carbonyl (C=O) groups is 2. The van der Waals surface area contributed by atoms with Crippen LogP contribution in [0.25, 0.3) is 0 Å². The molecule has 0 aromatic heterocycles. The Hall–Kier alpha value is -1.66. The lowest BCUT2D eigenvalue weighted by Gasteiger charge is -2.15. The van der Waals surface area contributed by atoms with Gasteiger partial charge in [-0.15, -0.1) is 0 Å². The Bertz CT molecular complexity index is 831. The maximum atomic E-state index is 12.7. The van der Waals surface area contributed by atoms with E-state index in [0.29, 0.717) is 14.5 Å². The topological polar surface area (TPSA) is 63.6 Å². The maximum absolute atomic E-state index is 12.7. The lowest BCUT2D eigenvalue weighted by molar-refractivity contribution is 0.0680. The summed E-state index contributed by atoms with van der Waals surface area (Å²) in [7, 11) is 0. The number of hydrogen-bond donors (Lipinski definition) is 1. The zero-order valence-electron chi connectivity index (χ0n) is 15.0. The quantitative estimate of drug-likeness (QED) is 0.396. The number of carboxylic acid groups (broad SMARTS) is 1. The van der Waals surface area contributed by atoms with Crippen molar-refractivity contribution in [2.24, 2.45) is 0 Å². The molecule has 0 saturated heterocycles. The summed E-state index contributed by atoms with van der Waals surface area (Å²) < 4.78 is 6.43. The van der Waals surface area contributed by atoms with E-state index in [1.165, 1.54) is 6.07 Å². The number of halogens is 2. The third-order valence-electron chi connectivity index (χ3n) is 3.98. The van der Waals surface area contributed by atoms with Gasteiger partial charge in [-0.25, -0.2) is 9.59 Å². The Labute approximate surface area is 169 Å². The third-order valence-corrected chi connectivity index (χ3v) is 5.03. The predicted octanol–water partition coefficient (Wildman–Crippen LogP) is 6.38. The summed E-state index contributed by atoms with van der Waals surface area (Å²) in [4.78, 5) is 24.2. The molecule has 0 amide bonds. The van der Waals surface area contributed by atoms with Gasteiger partial charge in [0, 0.05) is 4.47 Å². The second kappa shape index (κ2) is 8.35. The molecule has 2 aromatic carbocycles. The molecule has 2 rings (SSSR count). The first-order chi connectivity index (χ1) is 12.1. The lowest BCUT2D eigenvalue weighted by Crippen LogP contribution is -2.13. The Kier molecular flexibility index (Phi) is 6.64. The van der Waals surface area contributed by atoms with Crippen molar-refractivity contribution in [2.45, 2.75) is 39.5 Å². The first-order valence-corrected chi connectivity index (χ1v) is 9.78. The second-order valence-corrected chi connectivity index (χ2v) is 8.43. The molecule has 0 saturated carbocycles. The molecule has 0 aliphatic heterocycles. The average Bonchev–Trinajstić information content (AvgIpc) is 2.56. The number of rotatable bonds is 5. The van der Waals surface area contributed by atoms with Gasteiger partial charge in [-0.3, -0.25) is 0 Å². The van der Waals surface area contributed by atoms with Gasteiger partial charge in [-0.1, -0.05) is 49.7 Å². The molecular formula is C20H20Br2O4. The van der Waals surface area contributed by atoms with E-state index in [4.69, 9.17) is 4.74 Å². The Morgan fingerprint density at radius 2 is 1.46 bits per heavy atom. The van der Waals surface area contributed by atoms with E-state index in [9.17, 15) is 14.7 Å². The highest BCUT2D eigenvalue weighted by Crippen LogP contribution is 2.34. The zero-order valence-corrected chi connectivity index (χ0v) is 18.1. The summed E-state index contributed by atoms with van der Waals surface area (Å²) in [6, 6.07) is 8.72. The Morgan fingerprint density at radius 1 is 0.923 bits per heavy atom. The zero-order chi connectivity index (χ0) is 19.6. The molecule has 0 fully saturated rings. The fourth-order valence-electron chi connectivity index (χ4n) is 2.44. The van der Waals surface area contributed by atoms with Gasteiger partial charge in [0.1, 0.15) is 5.56 Å². The van der Waals surface area contributed by atoms with Crippen LogP contribution in [0.5, 0.6) is 5.75 Å². The second-order valence-electron chi connectivity index (χ2n) is 6.66. The number of aromatic carboxylic acids is 1. The standard InChI is InChI=1S/C20H20Br2O4/c1-10(2)12-5-13(11(3)4)7-14(6-12)20(25)26-18-16(19(23)24)8-15(21)9-17(18)22/h5-11H,1-4H3,(H,23,24). The highest BCUT2D eigenvalue weighted by Gasteiger charge is 2.21. The number of esters is 1. The minimum Gasteiger partial charge on any atom is -0.478 e. The van der Waals surface area contributed by atoms with Crippen molar-refractivity contribution < 1.29 is 19.4 Å². The molecule has 138 valence electrons. The van der Waals surface area contributed by atoms with Gasteiger partial charge in [0.2, 0.25) is 0 Å². The summed E-state index contributed by atoms with van der Waals surface area (Å²) in [6.45, 7) is 8.23. The summed E-state index contributed by atoms with van der Waals surface area (Å²) in [5.74, 6) is -1.25. The van der Waals surface area contributed by atoms with Crippen molar-refractivity contribution in [3.8, 4) is 5.75 Å². The van der Waals surface area contributed by atoms with Crippen molar-refractivity contribution in [3.63, 3.8) is 0 Å². The van der Waals surface area contributed by atoms with E-state index in [-0.39, 0.29) is 23.1 Å². The normalized spacial score (nSPS) is 11.1. The van der Waals surface area contributed by atoms with E-state index in [2.05, 4.69) is 65.6 Å². The summed E-state index contributed by atoms with van der Waals surface area (Å²) >= 11 is 6.52. The van der Waals surface area contributed by atoms with Gasteiger partial charge in [0.15, 0.2) is 5.75 Å². The molecule has 26 heavy (non-hydrogen) atoms. The van der Waals surface area contributed by atoms with E-state index in [1.54, 1.807) is 18.2 Å². The number of carboxylic acids is 1. The molecule has 0 atom stereocenters. The molecule has 0 aliphatic rings. The van der Waals surface area contributed by atoms with E-state index in [1.807, 2.05) is 0 Å². The Morgan fingerprint density at radius 3 is 1.92 bits per heavy atom. The SMILES string of the molecule is CC(C)c1cc(C(=O)Oc2c(Br)cc(Br)cc2C(=O)O)cc(C(C)C)c1. The number of benzene rings is 2.